The van der Waals surface area contributed by atoms with Gasteiger partial charge in [0, 0.05) is 35.9 Å². The summed E-state index contributed by atoms with van der Waals surface area (Å²) in [5.41, 5.74) is 4.88. The average molecular weight is 513 g/mol. The van der Waals surface area contributed by atoms with Gasteiger partial charge in [0.2, 0.25) is 0 Å². The van der Waals surface area contributed by atoms with Gasteiger partial charge in [0.15, 0.2) is 5.65 Å². The van der Waals surface area contributed by atoms with Gasteiger partial charge in [0.1, 0.15) is 28.7 Å². The van der Waals surface area contributed by atoms with Crippen LogP contribution in [0, 0.1) is 25.5 Å². The second-order valence-corrected chi connectivity index (χ2v) is 9.66. The molecule has 0 bridgehead atoms. The zero-order valence-electron chi connectivity index (χ0n) is 21.1. The number of ether oxygens (including phenoxy) is 1. The van der Waals surface area contributed by atoms with E-state index in [0.717, 1.165) is 17.3 Å². The summed E-state index contributed by atoms with van der Waals surface area (Å²) in [6.45, 7) is 4.90. The molecule has 3 aromatic heterocycles. The van der Waals surface area contributed by atoms with Gasteiger partial charge in [0.05, 0.1) is 30.2 Å². The van der Waals surface area contributed by atoms with E-state index in [9.17, 15) is 8.78 Å². The van der Waals surface area contributed by atoms with Crippen molar-refractivity contribution in [2.45, 2.75) is 45.3 Å². The van der Waals surface area contributed by atoms with Crippen molar-refractivity contribution in [3.05, 3.63) is 101 Å². The number of hydrogen-bond acceptors (Lipinski definition) is 6. The summed E-state index contributed by atoms with van der Waals surface area (Å²) in [4.78, 5) is 18.8. The molecule has 1 saturated heterocycles. The maximum Gasteiger partial charge on any atom is 0.182 e. The lowest BCUT2D eigenvalue weighted by molar-refractivity contribution is 0.00397. The molecule has 2 atom stereocenters. The molecule has 9 heteroatoms. The van der Waals surface area contributed by atoms with Gasteiger partial charge in [-0.2, -0.15) is 5.10 Å². The van der Waals surface area contributed by atoms with Crippen LogP contribution in [0.5, 0.6) is 0 Å². The number of benzene rings is 2. The molecule has 38 heavy (non-hydrogen) atoms. The predicted molar refractivity (Wildman–Crippen MR) is 138 cm³/mol. The first-order valence-electron chi connectivity index (χ1n) is 12.6. The van der Waals surface area contributed by atoms with Crippen molar-refractivity contribution >= 4 is 11.2 Å². The Morgan fingerprint density at radius 3 is 2.61 bits per heavy atom. The molecule has 0 amide bonds. The Morgan fingerprint density at radius 1 is 0.974 bits per heavy atom. The Bertz CT molecular complexity index is 1620. The van der Waals surface area contributed by atoms with Crippen molar-refractivity contribution in [2.24, 2.45) is 0 Å². The van der Waals surface area contributed by atoms with E-state index in [2.05, 4.69) is 27.2 Å². The van der Waals surface area contributed by atoms with Gasteiger partial charge in [0.25, 0.3) is 0 Å². The number of halogens is 2. The first-order chi connectivity index (χ1) is 18.4. The zero-order chi connectivity index (χ0) is 26.2. The van der Waals surface area contributed by atoms with Gasteiger partial charge in [-0.1, -0.05) is 30.3 Å². The number of aryl methyl sites for hydroxylation is 2. The fourth-order valence-electron chi connectivity index (χ4n) is 4.85. The topological polar surface area (TPSA) is 78.6 Å². The van der Waals surface area contributed by atoms with Crippen LogP contribution in [0.4, 0.5) is 8.78 Å². The highest BCUT2D eigenvalue weighted by Crippen LogP contribution is 2.38. The van der Waals surface area contributed by atoms with Crippen LogP contribution in [0.15, 0.2) is 60.9 Å². The van der Waals surface area contributed by atoms with Crippen molar-refractivity contribution in [3.8, 4) is 11.3 Å². The molecular formula is C29H26F2N6O. The van der Waals surface area contributed by atoms with Crippen molar-refractivity contribution in [1.29, 1.82) is 0 Å². The monoisotopic (exact) mass is 512 g/mol. The van der Waals surface area contributed by atoms with Gasteiger partial charge in [-0.3, -0.25) is 4.68 Å². The van der Waals surface area contributed by atoms with Gasteiger partial charge in [-0.25, -0.2) is 28.7 Å². The van der Waals surface area contributed by atoms with E-state index in [1.807, 2.05) is 49.1 Å². The summed E-state index contributed by atoms with van der Waals surface area (Å²) in [5.74, 6) is -0.838. The lowest BCUT2D eigenvalue weighted by Gasteiger charge is -2.28. The molecule has 192 valence electrons. The number of fused-ring (bicyclic) bond motifs is 1. The summed E-state index contributed by atoms with van der Waals surface area (Å²) in [5, 5.41) is 4.53. The second-order valence-electron chi connectivity index (χ2n) is 9.66. The summed E-state index contributed by atoms with van der Waals surface area (Å²) >= 11 is 0. The van der Waals surface area contributed by atoms with Gasteiger partial charge >= 0.3 is 0 Å². The minimum atomic E-state index is -0.702. The average Bonchev–Trinajstić information content (AvgIpc) is 3.38. The highest BCUT2D eigenvalue weighted by Gasteiger charge is 2.29. The van der Waals surface area contributed by atoms with Gasteiger partial charge in [-0.05, 0) is 44.4 Å². The predicted octanol–water partition coefficient (Wildman–Crippen LogP) is 5.86. The van der Waals surface area contributed by atoms with Gasteiger partial charge in [-0.15, -0.1) is 0 Å². The lowest BCUT2D eigenvalue weighted by atomic mass is 9.92. The first kappa shape index (κ1) is 24.2. The van der Waals surface area contributed by atoms with Gasteiger partial charge < -0.3 is 4.74 Å². The molecule has 0 N–H and O–H groups in total. The van der Waals surface area contributed by atoms with Crippen LogP contribution in [0.2, 0.25) is 0 Å². The third-order valence-electron chi connectivity index (χ3n) is 7.01. The maximum absolute atomic E-state index is 14.9. The summed E-state index contributed by atoms with van der Waals surface area (Å²) in [6, 6.07) is 13.6. The molecule has 7 nitrogen and oxygen atoms in total. The van der Waals surface area contributed by atoms with Crippen LogP contribution in [-0.2, 0) is 11.3 Å². The van der Waals surface area contributed by atoms with Crippen LogP contribution in [0.25, 0.3) is 22.4 Å². The molecule has 1 aliphatic heterocycles. The smallest absolute Gasteiger partial charge is 0.182 e. The normalized spacial score (nSPS) is 17.7. The molecule has 1 aliphatic rings. The van der Waals surface area contributed by atoms with E-state index in [-0.39, 0.29) is 17.6 Å². The Morgan fingerprint density at radius 2 is 1.79 bits per heavy atom. The Balaban J connectivity index is 1.34. The SMILES string of the molecule is Cc1nc2nc(C3CCOC(c4cnn(Cc5ccccc5)c4)C3)nc(-c3ccc(F)cc3F)c2nc1C. The summed E-state index contributed by atoms with van der Waals surface area (Å²) in [6.07, 6.45) is 5.04. The van der Waals surface area contributed by atoms with E-state index < -0.39 is 11.6 Å². The highest BCUT2D eigenvalue weighted by atomic mass is 19.1. The molecule has 4 heterocycles. The fraction of sp³-hybridized carbons (Fsp3) is 0.276. The van der Waals surface area contributed by atoms with Crippen LogP contribution in [-0.4, -0.2) is 36.3 Å². The molecule has 2 aromatic carbocycles. The molecule has 1 fully saturated rings. The lowest BCUT2D eigenvalue weighted by Crippen LogP contribution is -2.20. The molecule has 0 radical (unpaired) electrons. The van der Waals surface area contributed by atoms with E-state index in [1.165, 1.54) is 17.7 Å². The third kappa shape index (κ3) is 4.77. The van der Waals surface area contributed by atoms with Crippen molar-refractivity contribution in [1.82, 2.24) is 29.7 Å². The number of aromatic nitrogens is 6. The number of nitrogens with zero attached hydrogens (tertiary/aromatic N) is 6. The minimum absolute atomic E-state index is 0.0405. The molecule has 5 aromatic rings. The third-order valence-corrected chi connectivity index (χ3v) is 7.01. The molecule has 0 spiro atoms. The van der Waals surface area contributed by atoms with Crippen molar-refractivity contribution < 1.29 is 13.5 Å². The Labute approximate surface area is 218 Å². The van der Waals surface area contributed by atoms with E-state index in [4.69, 9.17) is 14.7 Å². The van der Waals surface area contributed by atoms with Crippen LogP contribution < -0.4 is 0 Å². The van der Waals surface area contributed by atoms with Crippen molar-refractivity contribution in [2.75, 3.05) is 6.61 Å². The molecular weight excluding hydrogens is 486 g/mol. The van der Waals surface area contributed by atoms with Crippen LogP contribution in [0.3, 0.4) is 0 Å². The largest absolute Gasteiger partial charge is 0.373 e. The van der Waals surface area contributed by atoms with E-state index >= 15 is 0 Å². The van der Waals surface area contributed by atoms with E-state index in [0.29, 0.717) is 54.4 Å². The Hall–Kier alpha value is -4.11. The molecule has 0 saturated carbocycles. The van der Waals surface area contributed by atoms with E-state index in [1.54, 1.807) is 0 Å². The quantitative estimate of drug-likeness (QED) is 0.293. The minimum Gasteiger partial charge on any atom is -0.373 e. The van der Waals surface area contributed by atoms with Crippen LogP contribution in [0.1, 0.15) is 53.2 Å². The standard InChI is InChI=1S/C29H26F2N6O/c1-17-18(2)34-29-27(33-17)26(23-9-8-22(30)13-24(23)31)35-28(36-29)20-10-11-38-25(12-20)21-14-32-37(16-21)15-19-6-4-3-5-7-19/h3-9,13-14,16,20,25H,10-12,15H2,1-2H3. The van der Waals surface area contributed by atoms with Crippen LogP contribution >= 0.6 is 0 Å². The Kier molecular flexibility index (Phi) is 6.37. The molecule has 6 rings (SSSR count). The number of rotatable bonds is 5. The number of hydrogen-bond donors (Lipinski definition) is 0. The fourth-order valence-corrected chi connectivity index (χ4v) is 4.85. The molecule has 0 aliphatic carbocycles. The van der Waals surface area contributed by atoms with Crippen molar-refractivity contribution in [3.63, 3.8) is 0 Å². The molecule has 2 unspecified atom stereocenters. The highest BCUT2D eigenvalue weighted by molar-refractivity contribution is 5.87. The zero-order valence-corrected chi connectivity index (χ0v) is 21.1. The maximum atomic E-state index is 14.9. The summed E-state index contributed by atoms with van der Waals surface area (Å²) in [7, 11) is 0. The first-order valence-corrected chi connectivity index (χ1v) is 12.6. The second kappa shape index (κ2) is 9.98. The summed E-state index contributed by atoms with van der Waals surface area (Å²) < 4.78 is 36.6.